The molecule has 0 radical (unpaired) electrons. The van der Waals surface area contributed by atoms with Gasteiger partial charge in [0.1, 0.15) is 5.69 Å². The minimum Gasteiger partial charge on any atom is -0.348 e. The lowest BCUT2D eigenvalue weighted by molar-refractivity contribution is -0.385. The minimum absolute atomic E-state index is 0.0367. The monoisotopic (exact) mass is 280 g/mol. The fourth-order valence-corrected chi connectivity index (χ4v) is 2.75. The molecule has 2 heterocycles. The highest BCUT2D eigenvalue weighted by atomic mass is 16.6. The lowest BCUT2D eigenvalue weighted by atomic mass is 9.93. The van der Waals surface area contributed by atoms with Crippen LogP contribution in [0.3, 0.4) is 0 Å². The average molecular weight is 280 g/mol. The lowest BCUT2D eigenvalue weighted by Crippen LogP contribution is -2.41. The molecular formula is C12H20N6O2. The first-order valence-corrected chi connectivity index (χ1v) is 6.70. The van der Waals surface area contributed by atoms with Crippen LogP contribution in [0.1, 0.15) is 32.4 Å². The molecule has 1 fully saturated rings. The largest absolute Gasteiger partial charge is 0.348 e. The molecule has 1 aliphatic rings. The SMILES string of the molecule is Cc1nc(NN)nc(N2CCC(C)CC2C)c1[N+](=O)[O-]. The van der Waals surface area contributed by atoms with Crippen LogP contribution in [0.25, 0.3) is 0 Å². The van der Waals surface area contributed by atoms with Gasteiger partial charge >= 0.3 is 5.69 Å². The molecule has 2 atom stereocenters. The average Bonchev–Trinajstić information content (AvgIpc) is 2.37. The number of nitro groups is 1. The maximum Gasteiger partial charge on any atom is 0.332 e. The van der Waals surface area contributed by atoms with Gasteiger partial charge < -0.3 is 4.90 Å². The number of aromatic nitrogens is 2. The van der Waals surface area contributed by atoms with Crippen molar-refractivity contribution in [1.29, 1.82) is 0 Å². The number of rotatable bonds is 3. The highest BCUT2D eigenvalue weighted by molar-refractivity contribution is 5.63. The second-order valence-electron chi connectivity index (χ2n) is 5.38. The molecule has 2 unspecified atom stereocenters. The first-order chi connectivity index (χ1) is 9.43. The number of nitrogen functional groups attached to an aromatic ring is 1. The first-order valence-electron chi connectivity index (χ1n) is 6.70. The van der Waals surface area contributed by atoms with Crippen molar-refractivity contribution >= 4 is 17.5 Å². The Labute approximate surface area is 117 Å². The van der Waals surface area contributed by atoms with Crippen molar-refractivity contribution in [2.75, 3.05) is 16.9 Å². The van der Waals surface area contributed by atoms with E-state index in [9.17, 15) is 10.1 Å². The van der Waals surface area contributed by atoms with Crippen LogP contribution in [-0.2, 0) is 0 Å². The zero-order valence-corrected chi connectivity index (χ0v) is 12.0. The van der Waals surface area contributed by atoms with E-state index in [1.807, 2.05) is 4.90 Å². The van der Waals surface area contributed by atoms with Gasteiger partial charge in [-0.3, -0.25) is 15.5 Å². The van der Waals surface area contributed by atoms with Crippen LogP contribution in [0, 0.1) is 23.0 Å². The van der Waals surface area contributed by atoms with Crippen LogP contribution in [0.4, 0.5) is 17.5 Å². The fourth-order valence-electron chi connectivity index (χ4n) is 2.75. The van der Waals surface area contributed by atoms with Crippen LogP contribution in [0.2, 0.25) is 0 Å². The third kappa shape index (κ3) is 2.64. The van der Waals surface area contributed by atoms with Crippen LogP contribution in [0.15, 0.2) is 0 Å². The summed E-state index contributed by atoms with van der Waals surface area (Å²) in [5.41, 5.74) is 2.65. The van der Waals surface area contributed by atoms with Gasteiger partial charge in [-0.1, -0.05) is 6.92 Å². The molecule has 1 aromatic rings. The van der Waals surface area contributed by atoms with E-state index in [0.717, 1.165) is 19.4 Å². The lowest BCUT2D eigenvalue weighted by Gasteiger charge is -2.37. The zero-order valence-electron chi connectivity index (χ0n) is 12.0. The van der Waals surface area contributed by atoms with Crippen LogP contribution in [0.5, 0.6) is 0 Å². The summed E-state index contributed by atoms with van der Waals surface area (Å²) in [5.74, 6) is 6.52. The van der Waals surface area contributed by atoms with Crippen molar-refractivity contribution in [2.24, 2.45) is 11.8 Å². The third-order valence-corrected chi connectivity index (χ3v) is 3.76. The number of nitrogens with zero attached hydrogens (tertiary/aromatic N) is 4. The molecule has 110 valence electrons. The van der Waals surface area contributed by atoms with Gasteiger partial charge in [-0.15, -0.1) is 0 Å². The van der Waals surface area contributed by atoms with E-state index in [1.54, 1.807) is 6.92 Å². The molecule has 2 rings (SSSR count). The Hall–Kier alpha value is -1.96. The smallest absolute Gasteiger partial charge is 0.332 e. The van der Waals surface area contributed by atoms with E-state index in [2.05, 4.69) is 29.2 Å². The molecule has 20 heavy (non-hydrogen) atoms. The molecular weight excluding hydrogens is 260 g/mol. The number of nitrogens with two attached hydrogens (primary N) is 1. The van der Waals surface area contributed by atoms with E-state index in [1.165, 1.54) is 0 Å². The van der Waals surface area contributed by atoms with Gasteiger partial charge in [-0.25, -0.2) is 10.8 Å². The highest BCUT2D eigenvalue weighted by Crippen LogP contribution is 2.34. The molecule has 0 aliphatic carbocycles. The van der Waals surface area contributed by atoms with Gasteiger partial charge in [-0.2, -0.15) is 4.98 Å². The van der Waals surface area contributed by atoms with Crippen molar-refractivity contribution in [3.63, 3.8) is 0 Å². The zero-order chi connectivity index (χ0) is 14.9. The number of hydrogen-bond acceptors (Lipinski definition) is 7. The quantitative estimate of drug-likeness (QED) is 0.491. The predicted octanol–water partition coefficient (Wildman–Crippen LogP) is 1.60. The number of aryl methyl sites for hydroxylation is 1. The van der Waals surface area contributed by atoms with Gasteiger partial charge in [0.2, 0.25) is 11.8 Å². The number of anilines is 2. The maximum atomic E-state index is 11.3. The molecule has 0 aromatic carbocycles. The summed E-state index contributed by atoms with van der Waals surface area (Å²) in [6.07, 6.45) is 1.99. The Kier molecular flexibility index (Phi) is 4.03. The molecule has 0 saturated carbocycles. The predicted molar refractivity (Wildman–Crippen MR) is 76.4 cm³/mol. The molecule has 8 heteroatoms. The summed E-state index contributed by atoms with van der Waals surface area (Å²) in [4.78, 5) is 21.1. The van der Waals surface area contributed by atoms with Crippen molar-refractivity contribution in [1.82, 2.24) is 9.97 Å². The summed E-state index contributed by atoms with van der Waals surface area (Å²) in [5, 5.41) is 11.3. The Morgan fingerprint density at radius 2 is 2.15 bits per heavy atom. The van der Waals surface area contributed by atoms with E-state index in [-0.39, 0.29) is 17.7 Å². The summed E-state index contributed by atoms with van der Waals surface area (Å²) in [7, 11) is 0. The second kappa shape index (κ2) is 5.58. The normalized spacial score (nSPS) is 22.7. The van der Waals surface area contributed by atoms with Gasteiger partial charge in [-0.05, 0) is 32.6 Å². The second-order valence-corrected chi connectivity index (χ2v) is 5.38. The molecule has 1 saturated heterocycles. The Morgan fingerprint density at radius 3 is 2.70 bits per heavy atom. The summed E-state index contributed by atoms with van der Waals surface area (Å²) < 4.78 is 0. The molecule has 1 aliphatic heterocycles. The molecule has 3 N–H and O–H groups in total. The van der Waals surface area contributed by atoms with Crippen molar-refractivity contribution in [2.45, 2.75) is 39.7 Å². The van der Waals surface area contributed by atoms with Crippen LogP contribution in [-0.4, -0.2) is 27.5 Å². The number of hydrogen-bond donors (Lipinski definition) is 2. The van der Waals surface area contributed by atoms with Crippen LogP contribution >= 0.6 is 0 Å². The van der Waals surface area contributed by atoms with Gasteiger partial charge in [0.25, 0.3) is 0 Å². The van der Waals surface area contributed by atoms with Gasteiger partial charge in [0.15, 0.2) is 0 Å². The van der Waals surface area contributed by atoms with E-state index in [4.69, 9.17) is 5.84 Å². The maximum absolute atomic E-state index is 11.3. The van der Waals surface area contributed by atoms with E-state index in [0.29, 0.717) is 17.4 Å². The first kappa shape index (κ1) is 14.4. The van der Waals surface area contributed by atoms with Gasteiger partial charge in [0, 0.05) is 12.6 Å². The van der Waals surface area contributed by atoms with E-state index < -0.39 is 4.92 Å². The molecule has 0 bridgehead atoms. The molecule has 1 aromatic heterocycles. The number of piperidine rings is 1. The number of hydrazine groups is 1. The molecule has 0 amide bonds. The van der Waals surface area contributed by atoms with Crippen LogP contribution < -0.4 is 16.2 Å². The summed E-state index contributed by atoms with van der Waals surface area (Å²) >= 11 is 0. The fraction of sp³-hybridized carbons (Fsp3) is 0.667. The number of nitrogens with one attached hydrogen (secondary N) is 1. The Bertz CT molecular complexity index is 521. The standard InChI is InChI=1S/C12H20N6O2/c1-7-4-5-17(8(2)6-7)11-10(18(19)20)9(3)14-12(15-11)16-13/h7-8H,4-6,13H2,1-3H3,(H,14,15,16). The van der Waals surface area contributed by atoms with Crippen molar-refractivity contribution in [3.8, 4) is 0 Å². The summed E-state index contributed by atoms with van der Waals surface area (Å²) in [6, 6.07) is 0.206. The molecule has 8 nitrogen and oxygen atoms in total. The topological polar surface area (TPSA) is 110 Å². The highest BCUT2D eigenvalue weighted by Gasteiger charge is 2.32. The Morgan fingerprint density at radius 1 is 1.45 bits per heavy atom. The van der Waals surface area contributed by atoms with Gasteiger partial charge in [0.05, 0.1) is 4.92 Å². The third-order valence-electron chi connectivity index (χ3n) is 3.76. The summed E-state index contributed by atoms with van der Waals surface area (Å²) in [6.45, 7) is 6.61. The minimum atomic E-state index is -0.421. The Balaban J connectivity index is 2.48. The molecule has 0 spiro atoms. The van der Waals surface area contributed by atoms with Crippen molar-refractivity contribution in [3.05, 3.63) is 15.8 Å². The van der Waals surface area contributed by atoms with Crippen molar-refractivity contribution < 1.29 is 4.92 Å². The van der Waals surface area contributed by atoms with E-state index >= 15 is 0 Å².